The topological polar surface area (TPSA) is 80.1 Å². The van der Waals surface area contributed by atoms with E-state index in [0.717, 1.165) is 10.1 Å². The van der Waals surface area contributed by atoms with E-state index in [4.69, 9.17) is 0 Å². The van der Waals surface area contributed by atoms with E-state index in [1.807, 2.05) is 31.2 Å². The number of para-hydroxylation sites is 1. The average molecular weight is 304 g/mol. The molecule has 0 amide bonds. The molecule has 0 aliphatic rings. The Hall–Kier alpha value is -3.28. The van der Waals surface area contributed by atoms with Crippen molar-refractivity contribution in [2.45, 2.75) is 6.92 Å². The molecule has 0 bridgehead atoms. The van der Waals surface area contributed by atoms with Crippen LogP contribution in [0.2, 0.25) is 0 Å². The van der Waals surface area contributed by atoms with E-state index in [1.54, 1.807) is 24.3 Å². The monoisotopic (exact) mass is 304 g/mol. The first-order chi connectivity index (χ1) is 11.1. The van der Waals surface area contributed by atoms with E-state index in [0.29, 0.717) is 16.5 Å². The lowest BCUT2D eigenvalue weighted by atomic mass is 10.1. The van der Waals surface area contributed by atoms with E-state index < -0.39 is 11.2 Å². The maximum atomic E-state index is 12.4. The first kappa shape index (κ1) is 13.4. The summed E-state index contributed by atoms with van der Waals surface area (Å²) in [7, 11) is 0. The number of H-pyrrole nitrogens is 1. The van der Waals surface area contributed by atoms with Crippen LogP contribution in [0.1, 0.15) is 5.56 Å². The minimum atomic E-state index is -0.454. The summed E-state index contributed by atoms with van der Waals surface area (Å²) >= 11 is 0. The van der Waals surface area contributed by atoms with Crippen LogP contribution in [-0.2, 0) is 0 Å². The number of aryl methyl sites for hydroxylation is 1. The molecule has 0 saturated carbocycles. The molecule has 2 heterocycles. The second-order valence-electron chi connectivity index (χ2n) is 5.29. The second kappa shape index (κ2) is 4.88. The molecule has 0 aliphatic heterocycles. The van der Waals surface area contributed by atoms with Crippen LogP contribution >= 0.6 is 0 Å². The Morgan fingerprint density at radius 3 is 2.57 bits per heavy atom. The van der Waals surface area contributed by atoms with Gasteiger partial charge in [-0.15, -0.1) is 0 Å². The van der Waals surface area contributed by atoms with Crippen LogP contribution in [0.5, 0.6) is 0 Å². The Labute approximate surface area is 130 Å². The van der Waals surface area contributed by atoms with Crippen LogP contribution in [0.4, 0.5) is 0 Å². The zero-order valence-electron chi connectivity index (χ0n) is 12.3. The van der Waals surface area contributed by atoms with Crippen molar-refractivity contribution in [2.75, 3.05) is 0 Å². The Kier molecular flexibility index (Phi) is 2.84. The quantitative estimate of drug-likeness (QED) is 0.545. The van der Waals surface area contributed by atoms with Gasteiger partial charge in [-0.3, -0.25) is 4.79 Å². The van der Waals surface area contributed by atoms with Gasteiger partial charge in [0.1, 0.15) is 0 Å². The number of nitrogens with one attached hydrogen (secondary N) is 1. The predicted molar refractivity (Wildman–Crippen MR) is 87.6 cm³/mol. The van der Waals surface area contributed by atoms with Gasteiger partial charge in [-0.1, -0.05) is 42.5 Å². The molecule has 0 unspecified atom stereocenters. The summed E-state index contributed by atoms with van der Waals surface area (Å²) in [5.41, 5.74) is 1.74. The highest BCUT2D eigenvalue weighted by molar-refractivity contribution is 5.92. The summed E-state index contributed by atoms with van der Waals surface area (Å²) in [6.45, 7) is 1.89. The van der Waals surface area contributed by atoms with Gasteiger partial charge in [-0.05, 0) is 18.6 Å². The highest BCUT2D eigenvalue weighted by Crippen LogP contribution is 2.18. The van der Waals surface area contributed by atoms with E-state index in [-0.39, 0.29) is 11.3 Å². The smallest absolute Gasteiger partial charge is 0.305 e. The largest absolute Gasteiger partial charge is 0.348 e. The van der Waals surface area contributed by atoms with Crippen molar-refractivity contribution in [2.24, 2.45) is 0 Å². The molecule has 2 aromatic heterocycles. The summed E-state index contributed by atoms with van der Waals surface area (Å²) in [5, 5.41) is 4.91. The molecule has 0 aliphatic carbocycles. The third-order valence-corrected chi connectivity index (χ3v) is 3.80. The van der Waals surface area contributed by atoms with Crippen molar-refractivity contribution >= 4 is 16.6 Å². The van der Waals surface area contributed by atoms with Crippen molar-refractivity contribution in [3.05, 3.63) is 74.9 Å². The molecular weight excluding hydrogens is 292 g/mol. The van der Waals surface area contributed by atoms with Gasteiger partial charge >= 0.3 is 5.69 Å². The Balaban J connectivity index is 2.16. The lowest BCUT2D eigenvalue weighted by molar-refractivity contribution is 0.829. The third-order valence-electron chi connectivity index (χ3n) is 3.80. The van der Waals surface area contributed by atoms with Gasteiger partial charge in [0.2, 0.25) is 0 Å². The van der Waals surface area contributed by atoms with Gasteiger partial charge in [-0.2, -0.15) is 14.6 Å². The molecule has 4 aromatic rings. The third kappa shape index (κ3) is 2.03. The summed E-state index contributed by atoms with van der Waals surface area (Å²) in [6.07, 6.45) is 0. The molecule has 2 aromatic carbocycles. The highest BCUT2D eigenvalue weighted by Gasteiger charge is 2.13. The van der Waals surface area contributed by atoms with Crippen molar-refractivity contribution in [1.82, 2.24) is 19.6 Å². The molecule has 0 spiro atoms. The molecule has 0 radical (unpaired) electrons. The SMILES string of the molecule is Cc1cccc2c1[nH]c(=O)n1nc(-c3ccccc3)c(=O)nc21. The van der Waals surface area contributed by atoms with Crippen LogP contribution in [0.3, 0.4) is 0 Å². The molecule has 0 fully saturated rings. The first-order valence-electron chi connectivity index (χ1n) is 7.13. The molecule has 0 atom stereocenters. The molecule has 6 nitrogen and oxygen atoms in total. The molecule has 6 heteroatoms. The number of benzene rings is 2. The van der Waals surface area contributed by atoms with Crippen molar-refractivity contribution < 1.29 is 0 Å². The molecular formula is C17H12N4O2. The molecule has 23 heavy (non-hydrogen) atoms. The fourth-order valence-corrected chi connectivity index (χ4v) is 2.66. The van der Waals surface area contributed by atoms with Crippen LogP contribution in [-0.4, -0.2) is 19.6 Å². The maximum Gasteiger partial charge on any atom is 0.348 e. The van der Waals surface area contributed by atoms with Crippen molar-refractivity contribution in [3.8, 4) is 11.3 Å². The highest BCUT2D eigenvalue weighted by atomic mass is 16.1. The van der Waals surface area contributed by atoms with Crippen LogP contribution in [0.25, 0.3) is 27.8 Å². The molecule has 0 saturated heterocycles. The van der Waals surface area contributed by atoms with Gasteiger partial charge in [-0.25, -0.2) is 4.79 Å². The van der Waals surface area contributed by atoms with Crippen LogP contribution in [0.15, 0.2) is 58.1 Å². The van der Waals surface area contributed by atoms with Gasteiger partial charge < -0.3 is 4.98 Å². The lowest BCUT2D eigenvalue weighted by Crippen LogP contribution is -2.26. The van der Waals surface area contributed by atoms with Crippen molar-refractivity contribution in [1.29, 1.82) is 0 Å². The van der Waals surface area contributed by atoms with Gasteiger partial charge in [0.05, 0.1) is 5.52 Å². The molecule has 4 rings (SSSR count). The van der Waals surface area contributed by atoms with Gasteiger partial charge in [0.25, 0.3) is 5.56 Å². The van der Waals surface area contributed by atoms with Crippen LogP contribution in [0, 0.1) is 6.92 Å². The fourth-order valence-electron chi connectivity index (χ4n) is 2.66. The molecule has 112 valence electrons. The number of aromatic nitrogens is 4. The van der Waals surface area contributed by atoms with E-state index in [1.165, 1.54) is 0 Å². The fraction of sp³-hybridized carbons (Fsp3) is 0.0588. The zero-order valence-corrected chi connectivity index (χ0v) is 12.3. The minimum Gasteiger partial charge on any atom is -0.305 e. The van der Waals surface area contributed by atoms with Crippen molar-refractivity contribution in [3.63, 3.8) is 0 Å². The minimum absolute atomic E-state index is 0.153. The summed E-state index contributed by atoms with van der Waals surface area (Å²) in [5.74, 6) is 0. The first-order valence-corrected chi connectivity index (χ1v) is 7.13. The number of rotatable bonds is 1. The number of fused-ring (bicyclic) bond motifs is 3. The van der Waals surface area contributed by atoms with E-state index >= 15 is 0 Å². The number of hydrogen-bond acceptors (Lipinski definition) is 4. The number of aromatic amines is 1. The predicted octanol–water partition coefficient (Wildman–Crippen LogP) is 1.91. The summed E-state index contributed by atoms with van der Waals surface area (Å²) in [4.78, 5) is 31.6. The maximum absolute atomic E-state index is 12.4. The summed E-state index contributed by atoms with van der Waals surface area (Å²) < 4.78 is 1.14. The van der Waals surface area contributed by atoms with Gasteiger partial charge in [0.15, 0.2) is 11.3 Å². The average Bonchev–Trinajstić information content (AvgIpc) is 2.56. The second-order valence-corrected chi connectivity index (χ2v) is 5.29. The summed E-state index contributed by atoms with van der Waals surface area (Å²) in [6, 6.07) is 14.5. The lowest BCUT2D eigenvalue weighted by Gasteiger charge is -2.07. The van der Waals surface area contributed by atoms with Crippen LogP contribution < -0.4 is 11.2 Å². The Morgan fingerprint density at radius 1 is 1.00 bits per heavy atom. The standard InChI is InChI=1S/C17H12N4O2/c1-10-6-5-9-12-13(10)18-17(23)21-15(12)19-16(22)14(20-21)11-7-3-2-4-8-11/h2-9H,1H3,(H,18,23). The number of nitrogens with zero attached hydrogens (tertiary/aromatic N) is 3. The molecule has 1 N–H and O–H groups in total. The van der Waals surface area contributed by atoms with E-state index in [2.05, 4.69) is 15.1 Å². The normalized spacial score (nSPS) is 11.2. The zero-order chi connectivity index (χ0) is 16.0. The van der Waals surface area contributed by atoms with E-state index in [9.17, 15) is 9.59 Å². The Bertz CT molecular complexity index is 1160. The van der Waals surface area contributed by atoms with Gasteiger partial charge in [0, 0.05) is 10.9 Å². The number of hydrogen-bond donors (Lipinski definition) is 1. The Morgan fingerprint density at radius 2 is 1.78 bits per heavy atom.